The van der Waals surface area contributed by atoms with E-state index in [0.29, 0.717) is 12.5 Å². The lowest BCUT2D eigenvalue weighted by Crippen LogP contribution is -2.05. The molecule has 0 aliphatic carbocycles. The van der Waals surface area contributed by atoms with E-state index in [4.69, 9.17) is 9.47 Å². The molecule has 21 heavy (non-hydrogen) atoms. The summed E-state index contributed by atoms with van der Waals surface area (Å²) >= 11 is 0. The van der Waals surface area contributed by atoms with Gasteiger partial charge in [-0.2, -0.15) is 0 Å². The van der Waals surface area contributed by atoms with Gasteiger partial charge in [-0.25, -0.2) is 0 Å². The molecular formula is C17H17NO3. The van der Waals surface area contributed by atoms with Gasteiger partial charge in [0.15, 0.2) is 5.75 Å². The first-order valence-corrected chi connectivity index (χ1v) is 6.80. The van der Waals surface area contributed by atoms with Crippen LogP contribution in [-0.4, -0.2) is 17.6 Å². The maximum atomic E-state index is 11.4. The van der Waals surface area contributed by atoms with Crippen LogP contribution in [0.4, 0.5) is 0 Å². The molecule has 3 aromatic rings. The van der Waals surface area contributed by atoms with E-state index in [1.54, 1.807) is 7.11 Å². The Morgan fingerprint density at radius 2 is 1.95 bits per heavy atom. The molecule has 0 bridgehead atoms. The van der Waals surface area contributed by atoms with Gasteiger partial charge in [0, 0.05) is 24.8 Å². The van der Waals surface area contributed by atoms with Crippen molar-refractivity contribution in [3.8, 4) is 5.75 Å². The summed E-state index contributed by atoms with van der Waals surface area (Å²) in [6.07, 6.45) is 0. The van der Waals surface area contributed by atoms with Crippen molar-refractivity contribution >= 4 is 27.8 Å². The molecule has 0 fully saturated rings. The van der Waals surface area contributed by atoms with Crippen molar-refractivity contribution in [3.05, 3.63) is 42.0 Å². The lowest BCUT2D eigenvalue weighted by molar-refractivity contribution is -0.131. The van der Waals surface area contributed by atoms with Gasteiger partial charge in [-0.3, -0.25) is 4.79 Å². The summed E-state index contributed by atoms with van der Waals surface area (Å²) in [5.74, 6) is 0.252. The summed E-state index contributed by atoms with van der Waals surface area (Å²) in [5.41, 5.74) is 3.01. The number of aryl methyl sites for hydroxylation is 1. The molecule has 0 amide bonds. The smallest absolute Gasteiger partial charge is 0.308 e. The van der Waals surface area contributed by atoms with Gasteiger partial charge in [-0.1, -0.05) is 18.2 Å². The molecule has 1 heterocycles. The molecule has 0 N–H and O–H groups in total. The molecule has 0 aliphatic heterocycles. The largest absolute Gasteiger partial charge is 0.424 e. The minimum Gasteiger partial charge on any atom is -0.424 e. The van der Waals surface area contributed by atoms with E-state index < -0.39 is 0 Å². The lowest BCUT2D eigenvalue weighted by atomic mass is 10.1. The van der Waals surface area contributed by atoms with E-state index in [0.717, 1.165) is 27.4 Å². The SMILES string of the molecule is COCn1c2ccccc2c2cc(C)cc(OC(C)=O)c21. The highest BCUT2D eigenvalue weighted by Crippen LogP contribution is 2.36. The second-order valence-electron chi connectivity index (χ2n) is 5.12. The van der Waals surface area contributed by atoms with E-state index in [-0.39, 0.29) is 5.97 Å². The average molecular weight is 283 g/mol. The fourth-order valence-electron chi connectivity index (χ4n) is 2.78. The number of fused-ring (bicyclic) bond motifs is 3. The lowest BCUT2D eigenvalue weighted by Gasteiger charge is -2.10. The van der Waals surface area contributed by atoms with Crippen LogP contribution in [0.25, 0.3) is 21.8 Å². The summed E-state index contributed by atoms with van der Waals surface area (Å²) in [6, 6.07) is 12.1. The highest BCUT2D eigenvalue weighted by atomic mass is 16.5. The Labute approximate surface area is 122 Å². The van der Waals surface area contributed by atoms with Crippen molar-refractivity contribution in [1.29, 1.82) is 0 Å². The van der Waals surface area contributed by atoms with E-state index in [2.05, 4.69) is 12.1 Å². The van der Waals surface area contributed by atoms with Crippen molar-refractivity contribution in [2.24, 2.45) is 0 Å². The number of hydrogen-bond acceptors (Lipinski definition) is 3. The van der Waals surface area contributed by atoms with Crippen LogP contribution in [0.2, 0.25) is 0 Å². The third-order valence-corrected chi connectivity index (χ3v) is 3.49. The number of para-hydroxylation sites is 1. The van der Waals surface area contributed by atoms with Crippen LogP contribution < -0.4 is 4.74 Å². The van der Waals surface area contributed by atoms with Crippen molar-refractivity contribution in [2.75, 3.05) is 7.11 Å². The van der Waals surface area contributed by atoms with Gasteiger partial charge < -0.3 is 14.0 Å². The summed E-state index contributed by atoms with van der Waals surface area (Å²) in [4.78, 5) is 11.4. The summed E-state index contributed by atoms with van der Waals surface area (Å²) < 4.78 is 12.8. The molecule has 2 aromatic carbocycles. The van der Waals surface area contributed by atoms with E-state index in [1.807, 2.05) is 35.8 Å². The quantitative estimate of drug-likeness (QED) is 0.544. The third kappa shape index (κ3) is 2.28. The fraction of sp³-hybridized carbons (Fsp3) is 0.235. The van der Waals surface area contributed by atoms with Crippen LogP contribution in [0.15, 0.2) is 36.4 Å². The Bertz CT molecular complexity index is 833. The molecule has 0 radical (unpaired) electrons. The maximum Gasteiger partial charge on any atom is 0.308 e. The molecule has 0 atom stereocenters. The fourth-order valence-corrected chi connectivity index (χ4v) is 2.78. The molecular weight excluding hydrogens is 266 g/mol. The van der Waals surface area contributed by atoms with Gasteiger partial charge in [0.25, 0.3) is 0 Å². The molecule has 0 spiro atoms. The number of aromatic nitrogens is 1. The summed E-state index contributed by atoms with van der Waals surface area (Å²) in [6.45, 7) is 3.81. The Morgan fingerprint density at radius 3 is 2.67 bits per heavy atom. The van der Waals surface area contributed by atoms with Gasteiger partial charge in [0.1, 0.15) is 6.73 Å². The van der Waals surface area contributed by atoms with Crippen molar-refractivity contribution in [2.45, 2.75) is 20.6 Å². The highest BCUT2D eigenvalue weighted by Gasteiger charge is 2.16. The number of methoxy groups -OCH3 is 1. The number of ether oxygens (including phenoxy) is 2. The Hall–Kier alpha value is -2.33. The number of nitrogens with zero attached hydrogens (tertiary/aromatic N) is 1. The maximum absolute atomic E-state index is 11.4. The van der Waals surface area contributed by atoms with Crippen LogP contribution in [0.1, 0.15) is 12.5 Å². The zero-order chi connectivity index (χ0) is 15.0. The molecule has 4 nitrogen and oxygen atoms in total. The number of esters is 1. The molecule has 0 saturated carbocycles. The number of hydrogen-bond donors (Lipinski definition) is 0. The zero-order valence-corrected chi connectivity index (χ0v) is 12.3. The number of carbonyl (C=O) groups excluding carboxylic acids is 1. The van der Waals surface area contributed by atoms with E-state index in [1.165, 1.54) is 6.92 Å². The second kappa shape index (κ2) is 5.22. The first-order chi connectivity index (χ1) is 10.1. The second-order valence-corrected chi connectivity index (χ2v) is 5.12. The van der Waals surface area contributed by atoms with E-state index >= 15 is 0 Å². The minimum absolute atomic E-state index is 0.323. The van der Waals surface area contributed by atoms with Crippen molar-refractivity contribution in [1.82, 2.24) is 4.57 Å². The van der Waals surface area contributed by atoms with Gasteiger partial charge >= 0.3 is 5.97 Å². The van der Waals surface area contributed by atoms with Crippen LogP contribution >= 0.6 is 0 Å². The van der Waals surface area contributed by atoms with Crippen molar-refractivity contribution in [3.63, 3.8) is 0 Å². The van der Waals surface area contributed by atoms with Crippen LogP contribution in [0.5, 0.6) is 5.75 Å². The highest BCUT2D eigenvalue weighted by molar-refractivity contribution is 6.10. The van der Waals surface area contributed by atoms with Gasteiger partial charge in [-0.05, 0) is 30.7 Å². The average Bonchev–Trinajstić information content (AvgIpc) is 2.74. The normalized spacial score (nSPS) is 11.2. The number of benzene rings is 2. The van der Waals surface area contributed by atoms with E-state index in [9.17, 15) is 4.79 Å². The summed E-state index contributed by atoms with van der Waals surface area (Å²) in [5, 5.41) is 2.19. The first-order valence-electron chi connectivity index (χ1n) is 6.80. The third-order valence-electron chi connectivity index (χ3n) is 3.49. The zero-order valence-electron chi connectivity index (χ0n) is 12.3. The Morgan fingerprint density at radius 1 is 1.19 bits per heavy atom. The Kier molecular flexibility index (Phi) is 3.39. The van der Waals surface area contributed by atoms with Crippen LogP contribution in [0, 0.1) is 6.92 Å². The van der Waals surface area contributed by atoms with Gasteiger partial charge in [0.2, 0.25) is 0 Å². The minimum atomic E-state index is -0.323. The Balaban J connectivity index is 2.44. The topological polar surface area (TPSA) is 40.5 Å². The van der Waals surface area contributed by atoms with Gasteiger partial charge in [-0.15, -0.1) is 0 Å². The molecule has 0 unspecified atom stereocenters. The monoisotopic (exact) mass is 283 g/mol. The molecule has 1 aromatic heterocycles. The van der Waals surface area contributed by atoms with Gasteiger partial charge in [0.05, 0.1) is 11.0 Å². The first kappa shape index (κ1) is 13.6. The number of carbonyl (C=O) groups is 1. The van der Waals surface area contributed by atoms with Crippen LogP contribution in [0.3, 0.4) is 0 Å². The molecule has 4 heteroatoms. The van der Waals surface area contributed by atoms with Crippen LogP contribution in [-0.2, 0) is 16.3 Å². The molecule has 0 saturated heterocycles. The van der Waals surface area contributed by atoms with Crippen molar-refractivity contribution < 1.29 is 14.3 Å². The summed E-state index contributed by atoms with van der Waals surface area (Å²) in [7, 11) is 1.65. The molecule has 108 valence electrons. The molecule has 0 aliphatic rings. The molecule has 3 rings (SSSR count). The predicted octanol–water partition coefficient (Wildman–Crippen LogP) is 3.63. The standard InChI is InChI=1S/C17H17NO3/c1-11-8-14-13-6-4-5-7-15(13)18(10-20-3)17(14)16(9-11)21-12(2)19/h4-9H,10H2,1-3H3. The predicted molar refractivity (Wildman–Crippen MR) is 82.5 cm³/mol. The number of rotatable bonds is 3.